The van der Waals surface area contributed by atoms with Gasteiger partial charge in [-0.05, 0) is 38.5 Å². The highest BCUT2D eigenvalue weighted by molar-refractivity contribution is 5.74. The van der Waals surface area contributed by atoms with Crippen LogP contribution in [0.5, 0.6) is 0 Å². The van der Waals surface area contributed by atoms with E-state index < -0.39 is 0 Å². The van der Waals surface area contributed by atoms with E-state index in [4.69, 9.17) is 5.73 Å². The van der Waals surface area contributed by atoms with Crippen molar-refractivity contribution in [2.75, 3.05) is 19.6 Å². The van der Waals surface area contributed by atoms with Crippen molar-refractivity contribution in [1.29, 1.82) is 0 Å². The van der Waals surface area contributed by atoms with Gasteiger partial charge in [-0.1, -0.05) is 6.92 Å². The summed E-state index contributed by atoms with van der Waals surface area (Å²) < 4.78 is 0. The van der Waals surface area contributed by atoms with Crippen LogP contribution in [0.3, 0.4) is 0 Å². The quantitative estimate of drug-likeness (QED) is 0.716. The van der Waals surface area contributed by atoms with Crippen LogP contribution in [0.4, 0.5) is 4.79 Å². The van der Waals surface area contributed by atoms with E-state index in [9.17, 15) is 4.79 Å². The molecule has 1 rings (SSSR count). The lowest BCUT2D eigenvalue weighted by Crippen LogP contribution is -2.45. The van der Waals surface area contributed by atoms with Crippen LogP contribution in [0, 0.1) is 5.92 Å². The van der Waals surface area contributed by atoms with Gasteiger partial charge >= 0.3 is 6.03 Å². The SMILES string of the molecule is CC(N)CCCNC(=O)N1CCCC(C)C1. The number of nitrogens with one attached hydrogen (secondary N) is 1. The maximum Gasteiger partial charge on any atom is 0.317 e. The topological polar surface area (TPSA) is 58.4 Å². The second-order valence-electron chi connectivity index (χ2n) is 5.04. The molecule has 1 saturated heterocycles. The van der Waals surface area contributed by atoms with Gasteiger partial charge in [0.05, 0.1) is 0 Å². The van der Waals surface area contributed by atoms with E-state index in [0.29, 0.717) is 5.92 Å². The minimum Gasteiger partial charge on any atom is -0.338 e. The molecule has 3 N–H and O–H groups in total. The van der Waals surface area contributed by atoms with Crippen LogP contribution < -0.4 is 11.1 Å². The van der Waals surface area contributed by atoms with E-state index in [2.05, 4.69) is 12.2 Å². The average molecular weight is 227 g/mol. The lowest BCUT2D eigenvalue weighted by Gasteiger charge is -2.30. The summed E-state index contributed by atoms with van der Waals surface area (Å²) in [5, 5.41) is 2.96. The Hall–Kier alpha value is -0.770. The zero-order valence-corrected chi connectivity index (χ0v) is 10.5. The number of piperidine rings is 1. The molecule has 0 radical (unpaired) electrons. The summed E-state index contributed by atoms with van der Waals surface area (Å²) in [7, 11) is 0. The largest absolute Gasteiger partial charge is 0.338 e. The second kappa shape index (κ2) is 6.74. The monoisotopic (exact) mass is 227 g/mol. The normalized spacial score (nSPS) is 22.9. The Labute approximate surface area is 98.6 Å². The molecule has 2 amide bonds. The fourth-order valence-electron chi connectivity index (χ4n) is 2.11. The molecule has 1 fully saturated rings. The first-order valence-electron chi connectivity index (χ1n) is 6.38. The van der Waals surface area contributed by atoms with Gasteiger partial charge in [-0.2, -0.15) is 0 Å². The molecule has 1 heterocycles. The summed E-state index contributed by atoms with van der Waals surface area (Å²) in [6.45, 7) is 6.75. The molecule has 94 valence electrons. The Balaban J connectivity index is 2.14. The number of rotatable bonds is 4. The summed E-state index contributed by atoms with van der Waals surface area (Å²) >= 11 is 0. The van der Waals surface area contributed by atoms with E-state index >= 15 is 0 Å². The first kappa shape index (κ1) is 13.3. The maximum absolute atomic E-state index is 11.8. The number of nitrogens with zero attached hydrogens (tertiary/aromatic N) is 1. The van der Waals surface area contributed by atoms with Gasteiger partial charge in [-0.25, -0.2) is 4.79 Å². The van der Waals surface area contributed by atoms with Gasteiger partial charge in [0.1, 0.15) is 0 Å². The van der Waals surface area contributed by atoms with Crippen molar-refractivity contribution in [2.45, 2.75) is 45.6 Å². The molecule has 0 spiro atoms. The third kappa shape index (κ3) is 4.84. The zero-order chi connectivity index (χ0) is 12.0. The number of likely N-dealkylation sites (tertiary alicyclic amines) is 1. The van der Waals surface area contributed by atoms with E-state index in [1.165, 1.54) is 6.42 Å². The van der Waals surface area contributed by atoms with Gasteiger partial charge in [0.25, 0.3) is 0 Å². The van der Waals surface area contributed by atoms with Gasteiger partial charge < -0.3 is 16.0 Å². The van der Waals surface area contributed by atoms with E-state index in [1.807, 2.05) is 11.8 Å². The fourth-order valence-corrected chi connectivity index (χ4v) is 2.11. The summed E-state index contributed by atoms with van der Waals surface area (Å²) in [5.41, 5.74) is 5.65. The molecule has 0 aromatic carbocycles. The van der Waals surface area contributed by atoms with Gasteiger partial charge in [-0.3, -0.25) is 0 Å². The molecule has 0 aliphatic carbocycles. The fraction of sp³-hybridized carbons (Fsp3) is 0.917. The molecule has 0 aromatic rings. The third-order valence-electron chi connectivity index (χ3n) is 3.06. The molecule has 2 atom stereocenters. The van der Waals surface area contributed by atoms with Crippen molar-refractivity contribution in [3.63, 3.8) is 0 Å². The van der Waals surface area contributed by atoms with E-state index in [-0.39, 0.29) is 12.1 Å². The minimum atomic E-state index is 0.0937. The van der Waals surface area contributed by atoms with Crippen molar-refractivity contribution < 1.29 is 4.79 Å². The van der Waals surface area contributed by atoms with Gasteiger partial charge in [-0.15, -0.1) is 0 Å². The van der Waals surface area contributed by atoms with Crippen molar-refractivity contribution in [2.24, 2.45) is 11.7 Å². The van der Waals surface area contributed by atoms with Crippen LogP contribution in [-0.4, -0.2) is 36.6 Å². The van der Waals surface area contributed by atoms with Crippen LogP contribution in [0.25, 0.3) is 0 Å². The molecule has 16 heavy (non-hydrogen) atoms. The smallest absolute Gasteiger partial charge is 0.317 e. The highest BCUT2D eigenvalue weighted by Gasteiger charge is 2.20. The molecule has 4 heteroatoms. The van der Waals surface area contributed by atoms with Crippen LogP contribution in [0.15, 0.2) is 0 Å². The average Bonchev–Trinajstić information content (AvgIpc) is 2.24. The van der Waals surface area contributed by atoms with Gasteiger partial charge in [0.15, 0.2) is 0 Å². The predicted molar refractivity (Wildman–Crippen MR) is 66.3 cm³/mol. The summed E-state index contributed by atoms with van der Waals surface area (Å²) in [5.74, 6) is 0.642. The minimum absolute atomic E-state index is 0.0937. The highest BCUT2D eigenvalue weighted by atomic mass is 16.2. The number of hydrogen-bond acceptors (Lipinski definition) is 2. The van der Waals surface area contributed by atoms with Crippen molar-refractivity contribution in [1.82, 2.24) is 10.2 Å². The van der Waals surface area contributed by atoms with Crippen LogP contribution >= 0.6 is 0 Å². The van der Waals surface area contributed by atoms with Gasteiger partial charge in [0, 0.05) is 25.7 Å². The summed E-state index contributed by atoms with van der Waals surface area (Å²) in [4.78, 5) is 13.7. The van der Waals surface area contributed by atoms with Crippen LogP contribution in [0.2, 0.25) is 0 Å². The third-order valence-corrected chi connectivity index (χ3v) is 3.06. The molecule has 0 bridgehead atoms. The second-order valence-corrected chi connectivity index (χ2v) is 5.04. The molecule has 1 aliphatic rings. The molecule has 1 aliphatic heterocycles. The van der Waals surface area contributed by atoms with Crippen molar-refractivity contribution in [3.05, 3.63) is 0 Å². The van der Waals surface area contributed by atoms with Gasteiger partial charge in [0.2, 0.25) is 0 Å². The van der Waals surface area contributed by atoms with Crippen molar-refractivity contribution in [3.8, 4) is 0 Å². The number of hydrogen-bond donors (Lipinski definition) is 2. The van der Waals surface area contributed by atoms with Crippen molar-refractivity contribution >= 4 is 6.03 Å². The molecule has 0 aromatic heterocycles. The zero-order valence-electron chi connectivity index (χ0n) is 10.5. The number of carbonyl (C=O) groups is 1. The van der Waals surface area contributed by atoms with E-state index in [1.54, 1.807) is 0 Å². The Bertz CT molecular complexity index is 218. The Morgan fingerprint density at radius 3 is 3.00 bits per heavy atom. The predicted octanol–water partition coefficient (Wildman–Crippen LogP) is 1.56. The number of urea groups is 1. The Morgan fingerprint density at radius 2 is 2.38 bits per heavy atom. The standard InChI is InChI=1S/C12H25N3O/c1-10-5-4-8-15(9-10)12(16)14-7-3-6-11(2)13/h10-11H,3-9,13H2,1-2H3,(H,14,16). The molecule has 2 unspecified atom stereocenters. The number of amides is 2. The number of carbonyl (C=O) groups excluding carboxylic acids is 1. The number of nitrogens with two attached hydrogens (primary N) is 1. The first-order valence-corrected chi connectivity index (χ1v) is 6.38. The summed E-state index contributed by atoms with van der Waals surface area (Å²) in [6.07, 6.45) is 4.31. The highest BCUT2D eigenvalue weighted by Crippen LogP contribution is 2.15. The molecule has 0 saturated carbocycles. The van der Waals surface area contributed by atoms with Crippen LogP contribution in [-0.2, 0) is 0 Å². The maximum atomic E-state index is 11.8. The van der Waals surface area contributed by atoms with E-state index in [0.717, 1.165) is 38.9 Å². The Morgan fingerprint density at radius 1 is 1.62 bits per heavy atom. The molecular formula is C12H25N3O. The summed E-state index contributed by atoms with van der Waals surface area (Å²) in [6, 6.07) is 0.322. The van der Waals surface area contributed by atoms with Crippen LogP contribution in [0.1, 0.15) is 39.5 Å². The lowest BCUT2D eigenvalue weighted by molar-refractivity contribution is 0.169. The lowest BCUT2D eigenvalue weighted by atomic mass is 10.0. The molecule has 4 nitrogen and oxygen atoms in total. The Kier molecular flexibility index (Phi) is 5.60. The molecular weight excluding hydrogens is 202 g/mol. The first-order chi connectivity index (χ1) is 7.59.